The van der Waals surface area contributed by atoms with Gasteiger partial charge < -0.3 is 19.9 Å². The Kier molecular flexibility index (Phi) is 5.93. The number of hydrogen-bond donors (Lipinski definition) is 1. The maximum absolute atomic E-state index is 12.5. The number of piperazine rings is 1. The molecule has 6 heteroatoms. The molecule has 1 aromatic rings. The minimum Gasteiger partial charge on any atom is -0.497 e. The molecule has 0 atom stereocenters. The lowest BCUT2D eigenvalue weighted by atomic mass is 10.2. The topological polar surface area (TPSA) is 48.1 Å². The predicted molar refractivity (Wildman–Crippen MR) is 95.7 cm³/mol. The molecule has 132 valence electrons. The highest BCUT2D eigenvalue weighted by atomic mass is 16.5. The quantitative estimate of drug-likeness (QED) is 0.877. The number of ether oxygens (including phenoxy) is 1. The average molecular weight is 332 g/mol. The van der Waals surface area contributed by atoms with Crippen molar-refractivity contribution in [1.82, 2.24) is 15.1 Å². The Morgan fingerprint density at radius 3 is 2.50 bits per heavy atom. The Labute approximate surface area is 144 Å². The van der Waals surface area contributed by atoms with Crippen LogP contribution in [-0.4, -0.2) is 81.7 Å². The molecular formula is C18H28N4O2. The summed E-state index contributed by atoms with van der Waals surface area (Å²) in [5.41, 5.74) is 1.20. The number of benzene rings is 1. The molecule has 0 bridgehead atoms. The van der Waals surface area contributed by atoms with Crippen LogP contribution in [0.1, 0.15) is 6.42 Å². The van der Waals surface area contributed by atoms with Crippen molar-refractivity contribution in [2.24, 2.45) is 0 Å². The van der Waals surface area contributed by atoms with Crippen LogP contribution in [0, 0.1) is 0 Å². The summed E-state index contributed by atoms with van der Waals surface area (Å²) in [6, 6.07) is 8.14. The molecule has 1 aromatic carbocycles. The number of hydrogen-bond acceptors (Lipinski definition) is 5. The molecule has 1 amide bonds. The Morgan fingerprint density at radius 2 is 1.79 bits per heavy atom. The molecule has 24 heavy (non-hydrogen) atoms. The highest BCUT2D eigenvalue weighted by Crippen LogP contribution is 2.20. The van der Waals surface area contributed by atoms with Crippen LogP contribution >= 0.6 is 0 Å². The zero-order valence-electron chi connectivity index (χ0n) is 14.5. The van der Waals surface area contributed by atoms with Gasteiger partial charge in [-0.05, 0) is 43.8 Å². The van der Waals surface area contributed by atoms with Crippen LogP contribution in [0.15, 0.2) is 24.3 Å². The van der Waals surface area contributed by atoms with E-state index < -0.39 is 0 Å². The smallest absolute Gasteiger partial charge is 0.236 e. The molecule has 0 radical (unpaired) electrons. The van der Waals surface area contributed by atoms with E-state index in [9.17, 15) is 4.79 Å². The summed E-state index contributed by atoms with van der Waals surface area (Å²) < 4.78 is 5.21. The molecule has 0 spiro atoms. The first-order valence-electron chi connectivity index (χ1n) is 8.86. The number of nitrogens with zero attached hydrogens (tertiary/aromatic N) is 3. The number of amides is 1. The lowest BCUT2D eigenvalue weighted by Gasteiger charge is -2.37. The van der Waals surface area contributed by atoms with Gasteiger partial charge in [0, 0.05) is 45.0 Å². The molecular weight excluding hydrogens is 304 g/mol. The minimum absolute atomic E-state index is 0.270. The standard InChI is InChI=1S/C18H28N4O2/c1-24-17-5-3-16(4-6-17)21-11-13-22(14-12-21)18(23)15-20-9-2-7-19-8-10-20/h3-6,19H,2,7-15H2,1H3. The number of methoxy groups -OCH3 is 1. The van der Waals surface area contributed by atoms with E-state index in [-0.39, 0.29) is 5.91 Å². The van der Waals surface area contributed by atoms with Gasteiger partial charge in [0.1, 0.15) is 5.75 Å². The van der Waals surface area contributed by atoms with Gasteiger partial charge in [0.15, 0.2) is 0 Å². The van der Waals surface area contributed by atoms with Crippen LogP contribution in [0.5, 0.6) is 5.75 Å². The fourth-order valence-corrected chi connectivity index (χ4v) is 3.36. The fraction of sp³-hybridized carbons (Fsp3) is 0.611. The summed E-state index contributed by atoms with van der Waals surface area (Å²) >= 11 is 0. The second-order valence-electron chi connectivity index (χ2n) is 6.45. The molecule has 0 saturated carbocycles. The molecule has 2 aliphatic rings. The van der Waals surface area contributed by atoms with Gasteiger partial charge in [0.25, 0.3) is 0 Å². The van der Waals surface area contributed by atoms with Gasteiger partial charge in [-0.25, -0.2) is 0 Å². The van der Waals surface area contributed by atoms with Crippen molar-refractivity contribution in [2.45, 2.75) is 6.42 Å². The van der Waals surface area contributed by atoms with Crippen molar-refractivity contribution in [3.05, 3.63) is 24.3 Å². The van der Waals surface area contributed by atoms with Gasteiger partial charge in [-0.2, -0.15) is 0 Å². The third-order valence-corrected chi connectivity index (χ3v) is 4.86. The third-order valence-electron chi connectivity index (χ3n) is 4.86. The van der Waals surface area contributed by atoms with Crippen molar-refractivity contribution in [1.29, 1.82) is 0 Å². The summed E-state index contributed by atoms with van der Waals surface area (Å²) in [5.74, 6) is 1.14. The predicted octanol–water partition coefficient (Wildman–Crippen LogP) is 0.639. The van der Waals surface area contributed by atoms with Crippen LogP contribution < -0.4 is 15.0 Å². The van der Waals surface area contributed by atoms with Gasteiger partial charge >= 0.3 is 0 Å². The number of rotatable bonds is 4. The molecule has 2 saturated heterocycles. The largest absolute Gasteiger partial charge is 0.497 e. The van der Waals surface area contributed by atoms with Crippen LogP contribution in [0.2, 0.25) is 0 Å². The SMILES string of the molecule is COc1ccc(N2CCN(C(=O)CN3CCCNCC3)CC2)cc1. The van der Waals surface area contributed by atoms with Crippen molar-refractivity contribution in [3.8, 4) is 5.75 Å². The van der Waals surface area contributed by atoms with Crippen molar-refractivity contribution in [3.63, 3.8) is 0 Å². The molecule has 6 nitrogen and oxygen atoms in total. The van der Waals surface area contributed by atoms with Crippen molar-refractivity contribution < 1.29 is 9.53 Å². The summed E-state index contributed by atoms with van der Waals surface area (Å²) in [5, 5.41) is 3.38. The molecule has 1 N–H and O–H groups in total. The molecule has 0 unspecified atom stereocenters. The zero-order valence-corrected chi connectivity index (χ0v) is 14.5. The lowest BCUT2D eigenvalue weighted by Crippen LogP contribution is -2.51. The summed E-state index contributed by atoms with van der Waals surface area (Å²) in [7, 11) is 1.68. The van der Waals surface area contributed by atoms with E-state index in [0.29, 0.717) is 6.54 Å². The second-order valence-corrected chi connectivity index (χ2v) is 6.45. The van der Waals surface area contributed by atoms with Crippen LogP contribution in [-0.2, 0) is 4.79 Å². The monoisotopic (exact) mass is 332 g/mol. The first-order chi connectivity index (χ1) is 11.8. The Morgan fingerprint density at radius 1 is 1.04 bits per heavy atom. The van der Waals surface area contributed by atoms with E-state index in [1.165, 1.54) is 5.69 Å². The lowest BCUT2D eigenvalue weighted by molar-refractivity contribution is -0.132. The van der Waals surface area contributed by atoms with Crippen LogP contribution in [0.25, 0.3) is 0 Å². The highest BCUT2D eigenvalue weighted by molar-refractivity contribution is 5.78. The minimum atomic E-state index is 0.270. The van der Waals surface area contributed by atoms with Crippen LogP contribution in [0.4, 0.5) is 5.69 Å². The summed E-state index contributed by atoms with van der Waals surface area (Å²) in [6.07, 6.45) is 1.12. The molecule has 2 aliphatic heterocycles. The van der Waals surface area contributed by atoms with Gasteiger partial charge in [0.2, 0.25) is 5.91 Å². The van der Waals surface area contributed by atoms with Gasteiger partial charge in [-0.3, -0.25) is 9.69 Å². The van der Waals surface area contributed by atoms with E-state index in [4.69, 9.17) is 4.74 Å². The van der Waals surface area contributed by atoms with E-state index in [0.717, 1.165) is 64.5 Å². The van der Waals surface area contributed by atoms with E-state index in [1.54, 1.807) is 7.11 Å². The maximum Gasteiger partial charge on any atom is 0.236 e. The zero-order chi connectivity index (χ0) is 16.8. The first-order valence-corrected chi connectivity index (χ1v) is 8.86. The fourth-order valence-electron chi connectivity index (χ4n) is 3.36. The van der Waals surface area contributed by atoms with Gasteiger partial charge in [-0.15, -0.1) is 0 Å². The van der Waals surface area contributed by atoms with Gasteiger partial charge in [0.05, 0.1) is 13.7 Å². The molecule has 0 aromatic heterocycles. The number of nitrogens with one attached hydrogen (secondary N) is 1. The molecule has 2 heterocycles. The van der Waals surface area contributed by atoms with Crippen molar-refractivity contribution >= 4 is 11.6 Å². The molecule has 3 rings (SSSR count). The van der Waals surface area contributed by atoms with E-state index >= 15 is 0 Å². The molecule has 2 fully saturated rings. The first kappa shape index (κ1) is 17.0. The third kappa shape index (κ3) is 4.39. The maximum atomic E-state index is 12.5. The van der Waals surface area contributed by atoms with E-state index in [2.05, 4.69) is 27.2 Å². The highest BCUT2D eigenvalue weighted by Gasteiger charge is 2.23. The Bertz CT molecular complexity index is 518. The normalized spacial score (nSPS) is 19.9. The summed E-state index contributed by atoms with van der Waals surface area (Å²) in [6.45, 7) is 7.98. The molecule has 0 aliphatic carbocycles. The van der Waals surface area contributed by atoms with Crippen molar-refractivity contribution in [2.75, 3.05) is 70.9 Å². The number of anilines is 1. The average Bonchev–Trinajstić information content (AvgIpc) is 2.90. The summed E-state index contributed by atoms with van der Waals surface area (Å²) in [4.78, 5) is 19.2. The Balaban J connectivity index is 1.47. The van der Waals surface area contributed by atoms with Gasteiger partial charge in [-0.1, -0.05) is 0 Å². The Hall–Kier alpha value is -1.79. The second kappa shape index (κ2) is 8.35. The number of carbonyl (C=O) groups excluding carboxylic acids is 1. The van der Waals surface area contributed by atoms with E-state index in [1.807, 2.05) is 17.0 Å². The van der Waals surface area contributed by atoms with Crippen LogP contribution in [0.3, 0.4) is 0 Å². The number of carbonyl (C=O) groups is 1.